The molecule has 0 aliphatic heterocycles. The van der Waals surface area contributed by atoms with Gasteiger partial charge in [0, 0.05) is 0 Å². The van der Waals surface area contributed by atoms with Gasteiger partial charge in [-0.25, -0.2) is 36.5 Å². The minimum Gasteiger partial charge on any atom is -1.00 e. The maximum absolute atomic E-state index is 8.88. The first-order valence-electron chi connectivity index (χ1n) is 6.26. The molecule has 0 aliphatic carbocycles. The number of hydrogen-bond donors (Lipinski definition) is 24. The van der Waals surface area contributed by atoms with Crippen molar-refractivity contribution in [3.63, 3.8) is 0 Å². The summed E-state index contributed by atoms with van der Waals surface area (Å²) in [5, 5.41) is 0. The van der Waals surface area contributed by atoms with Gasteiger partial charge in [-0.3, -0.25) is 0 Å². The number of hydrogen-bond acceptors (Lipinski definition) is 8. The van der Waals surface area contributed by atoms with Gasteiger partial charge >= 0.3 is 214 Å². The Balaban J connectivity index is -0.0000000112. The molecule has 0 aromatic rings. The molecule has 45 heteroatoms. The average molecular weight is 970 g/mol. The second-order valence-electron chi connectivity index (χ2n) is 4.11. The molecule has 280 valence electrons. The van der Waals surface area contributed by atoms with E-state index in [-0.39, 0.29) is 168 Å². The molecule has 0 spiro atoms. The van der Waals surface area contributed by atoms with E-state index in [4.69, 9.17) is 154 Å². The molecule has 45 heavy (non-hydrogen) atoms. The summed E-state index contributed by atoms with van der Waals surface area (Å²) in [6, 6.07) is 0. The number of rotatable bonds is 0. The van der Waals surface area contributed by atoms with Crippen LogP contribution in [0.5, 0.6) is 0 Å². The monoisotopic (exact) mass is 970 g/mol. The van der Waals surface area contributed by atoms with Crippen LogP contribution in [0.2, 0.25) is 0 Å². The van der Waals surface area contributed by atoms with E-state index < -0.39 is 62.6 Å². The Morgan fingerprint density at radius 3 is 0.200 bits per heavy atom. The van der Waals surface area contributed by atoms with Gasteiger partial charge in [0.25, 0.3) is 0 Å². The third-order valence-corrected chi connectivity index (χ3v) is 0. The summed E-state index contributed by atoms with van der Waals surface area (Å²) >= 11 is 0. The fourth-order valence-electron chi connectivity index (χ4n) is 0. The van der Waals surface area contributed by atoms with Crippen molar-refractivity contribution in [2.24, 2.45) is 0 Å². The molecule has 0 heterocycles. The molecule has 0 atom stereocenters. The van der Waals surface area contributed by atoms with Gasteiger partial charge in [0.2, 0.25) is 0 Å². The van der Waals surface area contributed by atoms with Crippen LogP contribution in [0.3, 0.4) is 0 Å². The molecule has 0 amide bonds. The molecule has 0 aliphatic rings. The standard InChI is InChI=1S/4Ca.8H3O4P.H2O.8H/c;;;;8*1-5(2,3)4;;;;;;;;;/h;;;;8*(H3,1,2,3,4);1H2;;;;;;;;/q4*+2;;;;;;;;;;8*-1. The molecule has 0 aromatic carbocycles. The normalized spacial score (nSPS) is 10.5. The first kappa shape index (κ1) is 88.2. The zero-order valence-electron chi connectivity index (χ0n) is 28.9. The Hall–Kier alpha value is 5.88. The fraction of sp³-hybridized carbons (Fsp3) is 0. The zero-order valence-corrected chi connectivity index (χ0v) is 36.9. The van der Waals surface area contributed by atoms with Crippen molar-refractivity contribution in [1.82, 2.24) is 0 Å². The molecule has 0 radical (unpaired) electrons. The van der Waals surface area contributed by atoms with Gasteiger partial charge in [-0.05, 0) is 0 Å². The quantitative estimate of drug-likeness (QED) is 0.0792. The van der Waals surface area contributed by atoms with E-state index in [1.165, 1.54) is 0 Å². The Bertz CT molecular complexity index is 691. The Labute approximate surface area is 379 Å². The minimum atomic E-state index is -4.64. The van der Waals surface area contributed by atoms with Crippen molar-refractivity contribution in [2.75, 3.05) is 0 Å². The molecule has 0 saturated heterocycles. The summed E-state index contributed by atoms with van der Waals surface area (Å²) in [4.78, 5) is 172. The van der Waals surface area contributed by atoms with Crippen LogP contribution in [0.4, 0.5) is 0 Å². The SMILES string of the molecule is O.O=P(O)(O)O.O=P(O)(O)O.O=P(O)(O)O.O=P(O)(O)O.O=P(O)(O)O.O=P(O)(O)O.O=P(O)(O)O.O=P(O)(O)O.[Ca+2].[Ca+2].[Ca+2].[Ca+2].[H-].[H-].[H-].[H-].[H-].[H-].[H-].[H-]. The summed E-state index contributed by atoms with van der Waals surface area (Å²) in [6.07, 6.45) is 0. The third kappa shape index (κ3) is 3310. The van der Waals surface area contributed by atoms with E-state index in [0.29, 0.717) is 0 Å². The second kappa shape index (κ2) is 41.1. The maximum atomic E-state index is 8.88. The van der Waals surface area contributed by atoms with Crippen molar-refractivity contribution >= 4 is 214 Å². The van der Waals surface area contributed by atoms with Crippen LogP contribution in [0, 0.1) is 0 Å². The fourth-order valence-corrected chi connectivity index (χ4v) is 0. The molecule has 33 nitrogen and oxygen atoms in total. The minimum absolute atomic E-state index is 0. The van der Waals surface area contributed by atoms with Crippen LogP contribution in [0.25, 0.3) is 0 Å². The largest absolute Gasteiger partial charge is 2.00 e. The summed E-state index contributed by atoms with van der Waals surface area (Å²) in [6.45, 7) is 0. The molecule has 0 rings (SSSR count). The molecule has 0 fully saturated rings. The molecule has 0 saturated carbocycles. The van der Waals surface area contributed by atoms with Crippen LogP contribution in [-0.2, 0) is 36.5 Å². The van der Waals surface area contributed by atoms with Gasteiger partial charge in [0.15, 0.2) is 0 Å². The smallest absolute Gasteiger partial charge is 1.00 e. The van der Waals surface area contributed by atoms with Crippen molar-refractivity contribution in [3.8, 4) is 0 Å². The first-order chi connectivity index (χ1) is 16.0. The average Bonchev–Trinajstić information content (AvgIpc) is 2.16. The van der Waals surface area contributed by atoms with Crippen molar-refractivity contribution in [3.05, 3.63) is 0 Å². The van der Waals surface area contributed by atoms with Gasteiger partial charge in [-0.2, -0.15) is 0 Å². The summed E-state index contributed by atoms with van der Waals surface area (Å²) in [5.74, 6) is 0. The van der Waals surface area contributed by atoms with E-state index in [1.807, 2.05) is 0 Å². The Morgan fingerprint density at radius 1 is 0.200 bits per heavy atom. The predicted octanol–water partition coefficient (Wildman–Crippen LogP) is -8.88. The van der Waals surface area contributed by atoms with Gasteiger partial charge in [0.1, 0.15) is 0 Å². The van der Waals surface area contributed by atoms with E-state index in [9.17, 15) is 0 Å². The second-order valence-corrected chi connectivity index (χ2v) is 12.3. The van der Waals surface area contributed by atoms with Crippen LogP contribution in [0.1, 0.15) is 11.4 Å². The summed E-state index contributed by atoms with van der Waals surface area (Å²) < 4.78 is 71.1. The summed E-state index contributed by atoms with van der Waals surface area (Å²) in [7, 11) is -37.1. The van der Waals surface area contributed by atoms with Gasteiger partial charge in [-0.15, -0.1) is 0 Å². The topological polar surface area (TPSA) is 654 Å². The van der Waals surface area contributed by atoms with E-state index in [0.717, 1.165) is 0 Å². The molecular formula is H34Ca4O33P8. The molecule has 0 aromatic heterocycles. The van der Waals surface area contributed by atoms with Crippen LogP contribution < -0.4 is 0 Å². The molecule has 0 unspecified atom stereocenters. The molecular weight excluding hydrogens is 936 g/mol. The first-order valence-corrected chi connectivity index (χ1v) is 18.8. The van der Waals surface area contributed by atoms with E-state index >= 15 is 0 Å². The molecule has 26 N–H and O–H groups in total. The van der Waals surface area contributed by atoms with Crippen LogP contribution in [0.15, 0.2) is 0 Å². The van der Waals surface area contributed by atoms with Gasteiger partial charge < -0.3 is 134 Å². The van der Waals surface area contributed by atoms with Crippen molar-refractivity contribution < 1.29 is 171 Å². The Kier molecular flexibility index (Phi) is 80.5. The summed E-state index contributed by atoms with van der Waals surface area (Å²) in [5.41, 5.74) is 0. The van der Waals surface area contributed by atoms with E-state index in [1.54, 1.807) is 0 Å². The zero-order chi connectivity index (χ0) is 36.0. The van der Waals surface area contributed by atoms with Crippen molar-refractivity contribution in [2.45, 2.75) is 0 Å². The van der Waals surface area contributed by atoms with E-state index in [2.05, 4.69) is 0 Å². The molecule has 0 bridgehead atoms. The van der Waals surface area contributed by atoms with Crippen LogP contribution in [-0.4, -0.2) is 274 Å². The van der Waals surface area contributed by atoms with Gasteiger partial charge in [-0.1, -0.05) is 0 Å². The predicted molar refractivity (Wildman–Crippen MR) is 150 cm³/mol. The Morgan fingerprint density at radius 2 is 0.200 bits per heavy atom. The van der Waals surface area contributed by atoms with Crippen LogP contribution >= 0.6 is 62.6 Å². The van der Waals surface area contributed by atoms with Crippen molar-refractivity contribution in [1.29, 1.82) is 0 Å². The van der Waals surface area contributed by atoms with Gasteiger partial charge in [0.05, 0.1) is 0 Å². The maximum Gasteiger partial charge on any atom is 2.00 e. The number of phosphoric acid groups is 8. The third-order valence-electron chi connectivity index (χ3n) is 0.